The first-order chi connectivity index (χ1) is 6.63. The van der Waals surface area contributed by atoms with Crippen LogP contribution in [0.2, 0.25) is 4.34 Å². The number of amidine groups is 1. The van der Waals surface area contributed by atoms with E-state index in [0.717, 1.165) is 27.9 Å². The second-order valence-corrected chi connectivity index (χ2v) is 4.93. The molecule has 0 amide bonds. The maximum absolute atomic E-state index is 5.84. The highest BCUT2D eigenvalue weighted by Gasteiger charge is 2.06. The molecule has 78 valence electrons. The Kier molecular flexibility index (Phi) is 4.42. The zero-order valence-corrected chi connectivity index (χ0v) is 10.0. The molecule has 0 radical (unpaired) electrons. The van der Waals surface area contributed by atoms with Gasteiger partial charge in [-0.2, -0.15) is 0 Å². The number of rotatable bonds is 4. The van der Waals surface area contributed by atoms with E-state index in [0.29, 0.717) is 0 Å². The Morgan fingerprint density at radius 1 is 1.64 bits per heavy atom. The van der Waals surface area contributed by atoms with Gasteiger partial charge in [-0.1, -0.05) is 18.5 Å². The van der Waals surface area contributed by atoms with Crippen molar-refractivity contribution < 1.29 is 0 Å². The Hall–Kier alpha value is -0.540. The topological polar surface area (TPSA) is 38.4 Å². The van der Waals surface area contributed by atoms with Crippen molar-refractivity contribution in [2.45, 2.75) is 32.7 Å². The molecule has 1 rings (SSSR count). The third-order valence-corrected chi connectivity index (χ3v) is 3.27. The number of hydrogen-bond acceptors (Lipinski definition) is 2. The quantitative estimate of drug-likeness (QED) is 0.623. The summed E-state index contributed by atoms with van der Waals surface area (Å²) in [5, 5.41) is 0. The zero-order valence-electron chi connectivity index (χ0n) is 8.46. The van der Waals surface area contributed by atoms with E-state index in [1.807, 2.05) is 19.1 Å². The summed E-state index contributed by atoms with van der Waals surface area (Å²) in [5.41, 5.74) is 5.75. The lowest BCUT2D eigenvalue weighted by Crippen LogP contribution is -2.12. The molecule has 4 heteroatoms. The van der Waals surface area contributed by atoms with Crippen LogP contribution in [0.4, 0.5) is 0 Å². The number of hydrogen-bond donors (Lipinski definition) is 1. The van der Waals surface area contributed by atoms with Crippen LogP contribution in [-0.4, -0.2) is 5.84 Å². The fraction of sp³-hybridized carbons (Fsp3) is 0.500. The first-order valence-electron chi connectivity index (χ1n) is 4.71. The average molecular weight is 231 g/mol. The molecule has 1 unspecified atom stereocenters. The molecule has 0 aliphatic rings. The Morgan fingerprint density at radius 2 is 2.36 bits per heavy atom. The van der Waals surface area contributed by atoms with Crippen molar-refractivity contribution in [1.29, 1.82) is 0 Å². The number of aliphatic imine (C=N–C) groups is 1. The van der Waals surface area contributed by atoms with E-state index in [1.54, 1.807) is 11.3 Å². The van der Waals surface area contributed by atoms with Crippen LogP contribution in [-0.2, 0) is 0 Å². The standard InChI is InChI=1S/C10H15ClN2S/c1-3-4-10(12)13-7(2)8-5-6-9(11)14-8/h5-7H,3-4H2,1-2H3,(H2,12,13). The lowest BCUT2D eigenvalue weighted by atomic mass is 10.2. The molecule has 2 N–H and O–H groups in total. The van der Waals surface area contributed by atoms with E-state index in [-0.39, 0.29) is 6.04 Å². The predicted molar refractivity (Wildman–Crippen MR) is 64.3 cm³/mol. The molecule has 0 saturated carbocycles. The molecule has 0 aromatic carbocycles. The highest BCUT2D eigenvalue weighted by Crippen LogP contribution is 2.28. The number of nitrogens with two attached hydrogens (primary N) is 1. The van der Waals surface area contributed by atoms with Crippen LogP contribution in [0.5, 0.6) is 0 Å². The minimum atomic E-state index is 0.124. The van der Waals surface area contributed by atoms with Crippen LogP contribution in [0, 0.1) is 0 Å². The maximum atomic E-state index is 5.84. The highest BCUT2D eigenvalue weighted by molar-refractivity contribution is 7.16. The third kappa shape index (κ3) is 3.31. The fourth-order valence-electron chi connectivity index (χ4n) is 1.19. The van der Waals surface area contributed by atoms with Gasteiger partial charge in [-0.25, -0.2) is 0 Å². The minimum Gasteiger partial charge on any atom is -0.387 e. The van der Waals surface area contributed by atoms with Crippen LogP contribution < -0.4 is 5.73 Å². The number of halogens is 1. The molecule has 0 aliphatic carbocycles. The summed E-state index contributed by atoms with van der Waals surface area (Å²) in [4.78, 5) is 5.56. The van der Waals surface area contributed by atoms with Crippen LogP contribution in [0.25, 0.3) is 0 Å². The van der Waals surface area contributed by atoms with Gasteiger partial charge in [0.15, 0.2) is 0 Å². The van der Waals surface area contributed by atoms with Crippen molar-refractivity contribution in [3.05, 3.63) is 21.3 Å². The minimum absolute atomic E-state index is 0.124. The first kappa shape index (κ1) is 11.5. The van der Waals surface area contributed by atoms with Gasteiger partial charge in [0.1, 0.15) is 0 Å². The van der Waals surface area contributed by atoms with Crippen molar-refractivity contribution in [2.75, 3.05) is 0 Å². The molecule has 2 nitrogen and oxygen atoms in total. The normalized spacial score (nSPS) is 14.4. The molecule has 1 aromatic rings. The highest BCUT2D eigenvalue weighted by atomic mass is 35.5. The molecule has 0 fully saturated rings. The first-order valence-corrected chi connectivity index (χ1v) is 5.90. The van der Waals surface area contributed by atoms with Gasteiger partial charge in [-0.05, 0) is 25.5 Å². The molecular formula is C10H15ClN2S. The van der Waals surface area contributed by atoms with E-state index < -0.39 is 0 Å². The molecular weight excluding hydrogens is 216 g/mol. The van der Waals surface area contributed by atoms with Gasteiger partial charge in [0.25, 0.3) is 0 Å². The summed E-state index contributed by atoms with van der Waals surface area (Å²) in [5.74, 6) is 0.726. The molecule has 0 aliphatic heterocycles. The maximum Gasteiger partial charge on any atom is 0.0944 e. The molecule has 1 atom stereocenters. The van der Waals surface area contributed by atoms with E-state index in [4.69, 9.17) is 17.3 Å². The zero-order chi connectivity index (χ0) is 10.6. The van der Waals surface area contributed by atoms with Gasteiger partial charge in [0.05, 0.1) is 16.2 Å². The molecule has 0 saturated heterocycles. The van der Waals surface area contributed by atoms with E-state index in [2.05, 4.69) is 11.9 Å². The Labute approximate surface area is 93.8 Å². The molecule has 0 bridgehead atoms. The van der Waals surface area contributed by atoms with E-state index in [9.17, 15) is 0 Å². The lowest BCUT2D eigenvalue weighted by molar-refractivity contribution is 0.823. The van der Waals surface area contributed by atoms with Gasteiger partial charge in [0, 0.05) is 11.3 Å². The number of thiophene rings is 1. The largest absolute Gasteiger partial charge is 0.387 e. The van der Waals surface area contributed by atoms with Crippen molar-refractivity contribution in [1.82, 2.24) is 0 Å². The van der Waals surface area contributed by atoms with Crippen LogP contribution in [0.1, 0.15) is 37.6 Å². The van der Waals surface area contributed by atoms with Crippen molar-refractivity contribution in [2.24, 2.45) is 10.7 Å². The summed E-state index contributed by atoms with van der Waals surface area (Å²) < 4.78 is 0.802. The Bertz CT molecular complexity index is 320. The lowest BCUT2D eigenvalue weighted by Gasteiger charge is -2.04. The Morgan fingerprint density at radius 3 is 2.86 bits per heavy atom. The fourth-order valence-corrected chi connectivity index (χ4v) is 2.24. The third-order valence-electron chi connectivity index (χ3n) is 1.87. The van der Waals surface area contributed by atoms with Crippen molar-refractivity contribution >= 4 is 28.8 Å². The monoisotopic (exact) mass is 230 g/mol. The molecule has 1 heterocycles. The van der Waals surface area contributed by atoms with Gasteiger partial charge in [-0.3, -0.25) is 4.99 Å². The smallest absolute Gasteiger partial charge is 0.0944 e. The Balaban J connectivity index is 2.66. The summed E-state index contributed by atoms with van der Waals surface area (Å²) in [6.45, 7) is 4.12. The summed E-state index contributed by atoms with van der Waals surface area (Å²) in [6, 6.07) is 4.02. The summed E-state index contributed by atoms with van der Waals surface area (Å²) >= 11 is 7.40. The van der Waals surface area contributed by atoms with Crippen molar-refractivity contribution in [3.8, 4) is 0 Å². The van der Waals surface area contributed by atoms with Gasteiger partial charge in [0.2, 0.25) is 0 Å². The number of nitrogens with zero attached hydrogens (tertiary/aromatic N) is 1. The van der Waals surface area contributed by atoms with E-state index >= 15 is 0 Å². The summed E-state index contributed by atoms with van der Waals surface area (Å²) in [6.07, 6.45) is 1.90. The van der Waals surface area contributed by atoms with Crippen molar-refractivity contribution in [3.63, 3.8) is 0 Å². The second kappa shape index (κ2) is 5.37. The second-order valence-electron chi connectivity index (χ2n) is 3.19. The van der Waals surface area contributed by atoms with Crippen LogP contribution >= 0.6 is 22.9 Å². The van der Waals surface area contributed by atoms with Crippen LogP contribution in [0.15, 0.2) is 17.1 Å². The van der Waals surface area contributed by atoms with Gasteiger partial charge >= 0.3 is 0 Å². The molecule has 1 aromatic heterocycles. The van der Waals surface area contributed by atoms with E-state index in [1.165, 1.54) is 0 Å². The van der Waals surface area contributed by atoms with Gasteiger partial charge < -0.3 is 5.73 Å². The van der Waals surface area contributed by atoms with Gasteiger partial charge in [-0.15, -0.1) is 11.3 Å². The average Bonchev–Trinajstić information content (AvgIpc) is 2.52. The predicted octanol–water partition coefficient (Wildman–Crippen LogP) is 3.62. The molecule has 0 spiro atoms. The SMILES string of the molecule is CCCC(N)=NC(C)c1ccc(Cl)s1. The molecule has 14 heavy (non-hydrogen) atoms. The van der Waals surface area contributed by atoms with Crippen LogP contribution in [0.3, 0.4) is 0 Å². The summed E-state index contributed by atoms with van der Waals surface area (Å²) in [7, 11) is 0.